The lowest BCUT2D eigenvalue weighted by Crippen LogP contribution is -2.24. The summed E-state index contributed by atoms with van der Waals surface area (Å²) in [5, 5.41) is 11.7. The number of hydrogen-bond acceptors (Lipinski definition) is 5. The van der Waals surface area contributed by atoms with E-state index >= 15 is 0 Å². The van der Waals surface area contributed by atoms with Crippen LogP contribution in [0.2, 0.25) is 0 Å². The van der Waals surface area contributed by atoms with Crippen LogP contribution in [0.3, 0.4) is 0 Å². The predicted octanol–water partition coefficient (Wildman–Crippen LogP) is 4.29. The number of nitrogens with zero attached hydrogens (tertiary/aromatic N) is 3. The molecule has 132 valence electrons. The van der Waals surface area contributed by atoms with E-state index in [-0.39, 0.29) is 11.2 Å². The predicted molar refractivity (Wildman–Crippen MR) is 103 cm³/mol. The zero-order valence-corrected chi connectivity index (χ0v) is 15.3. The lowest BCUT2D eigenvalue weighted by atomic mass is 10.2. The van der Waals surface area contributed by atoms with Crippen LogP contribution in [0.4, 0.5) is 5.69 Å². The van der Waals surface area contributed by atoms with Gasteiger partial charge in [0, 0.05) is 17.8 Å². The molecule has 0 saturated heterocycles. The number of aromatic nitrogens is 3. The summed E-state index contributed by atoms with van der Waals surface area (Å²) in [6.45, 7) is 4.01. The van der Waals surface area contributed by atoms with Gasteiger partial charge < -0.3 is 9.73 Å². The number of rotatable bonds is 5. The fourth-order valence-corrected chi connectivity index (χ4v) is 3.79. The minimum absolute atomic E-state index is 0.0413. The molecule has 0 radical (unpaired) electrons. The SMILES string of the molecule is CCC(Sc1nncn2c1cc1occc12)C(=O)Nc1ccc(C)cc1. The van der Waals surface area contributed by atoms with Crippen LogP contribution in [-0.2, 0) is 4.79 Å². The van der Waals surface area contributed by atoms with E-state index in [1.807, 2.05) is 54.6 Å². The van der Waals surface area contributed by atoms with Crippen LogP contribution < -0.4 is 5.32 Å². The van der Waals surface area contributed by atoms with Crippen LogP contribution in [0.1, 0.15) is 18.9 Å². The van der Waals surface area contributed by atoms with Crippen LogP contribution in [0.15, 0.2) is 58.4 Å². The summed E-state index contributed by atoms with van der Waals surface area (Å²) in [4.78, 5) is 12.7. The van der Waals surface area contributed by atoms with Crippen molar-refractivity contribution in [2.75, 3.05) is 5.32 Å². The molecule has 0 bridgehead atoms. The molecule has 0 aliphatic rings. The molecule has 4 aromatic rings. The van der Waals surface area contributed by atoms with Gasteiger partial charge in [-0.05, 0) is 25.5 Å². The molecule has 1 unspecified atom stereocenters. The maximum Gasteiger partial charge on any atom is 0.237 e. The van der Waals surface area contributed by atoms with E-state index in [0.29, 0.717) is 11.4 Å². The topological polar surface area (TPSA) is 72.4 Å². The van der Waals surface area contributed by atoms with Crippen LogP contribution in [-0.4, -0.2) is 25.8 Å². The Morgan fingerprint density at radius 1 is 1.27 bits per heavy atom. The van der Waals surface area contributed by atoms with Crippen molar-refractivity contribution >= 4 is 40.0 Å². The molecule has 0 fully saturated rings. The Balaban J connectivity index is 1.58. The third kappa shape index (κ3) is 3.06. The Labute approximate surface area is 154 Å². The third-order valence-electron chi connectivity index (χ3n) is 4.23. The van der Waals surface area contributed by atoms with Crippen LogP contribution >= 0.6 is 11.8 Å². The Morgan fingerprint density at radius 3 is 2.85 bits per heavy atom. The molecular formula is C19H18N4O2S. The van der Waals surface area contributed by atoms with E-state index in [2.05, 4.69) is 15.5 Å². The number of furan rings is 1. The van der Waals surface area contributed by atoms with Gasteiger partial charge in [0.2, 0.25) is 5.91 Å². The molecule has 3 aromatic heterocycles. The van der Waals surface area contributed by atoms with Crippen molar-refractivity contribution in [2.24, 2.45) is 0 Å². The smallest absolute Gasteiger partial charge is 0.237 e. The first-order chi connectivity index (χ1) is 12.7. The lowest BCUT2D eigenvalue weighted by molar-refractivity contribution is -0.115. The van der Waals surface area contributed by atoms with Crippen molar-refractivity contribution in [2.45, 2.75) is 30.5 Å². The summed E-state index contributed by atoms with van der Waals surface area (Å²) in [6.07, 6.45) is 3.99. The molecule has 6 nitrogen and oxygen atoms in total. The quantitative estimate of drug-likeness (QED) is 0.533. The van der Waals surface area contributed by atoms with E-state index < -0.39 is 0 Å². The fourth-order valence-electron chi connectivity index (χ4n) is 2.82. The molecule has 7 heteroatoms. The van der Waals surface area contributed by atoms with Gasteiger partial charge in [0.1, 0.15) is 11.4 Å². The Bertz CT molecular complexity index is 1070. The highest BCUT2D eigenvalue weighted by Crippen LogP contribution is 2.31. The van der Waals surface area contributed by atoms with Crippen molar-refractivity contribution in [3.8, 4) is 0 Å². The average molecular weight is 366 g/mol. The molecule has 4 rings (SSSR count). The van der Waals surface area contributed by atoms with E-state index in [1.54, 1.807) is 12.6 Å². The summed E-state index contributed by atoms with van der Waals surface area (Å²) >= 11 is 1.42. The second-order valence-electron chi connectivity index (χ2n) is 6.08. The normalized spacial score (nSPS) is 12.5. The summed E-state index contributed by atoms with van der Waals surface area (Å²) in [7, 11) is 0. The van der Waals surface area contributed by atoms with Crippen LogP contribution in [0.25, 0.3) is 16.6 Å². The molecule has 1 amide bonds. The van der Waals surface area contributed by atoms with E-state index in [4.69, 9.17) is 4.42 Å². The Hall–Kier alpha value is -2.80. The monoisotopic (exact) mass is 366 g/mol. The number of carbonyl (C=O) groups excluding carboxylic acids is 1. The molecule has 3 heterocycles. The van der Waals surface area contributed by atoms with Crippen LogP contribution in [0.5, 0.6) is 0 Å². The summed E-state index contributed by atoms with van der Waals surface area (Å²) in [6, 6.07) is 11.6. The second kappa shape index (κ2) is 6.84. The number of amides is 1. The molecule has 1 N–H and O–H groups in total. The molecule has 0 aliphatic carbocycles. The zero-order valence-electron chi connectivity index (χ0n) is 14.5. The maximum atomic E-state index is 12.7. The molecule has 0 saturated carbocycles. The molecule has 0 aliphatic heterocycles. The summed E-state index contributed by atoms with van der Waals surface area (Å²) in [5.74, 6) is -0.0413. The highest BCUT2D eigenvalue weighted by atomic mass is 32.2. The van der Waals surface area contributed by atoms with Gasteiger partial charge in [-0.3, -0.25) is 9.20 Å². The van der Waals surface area contributed by atoms with Gasteiger partial charge in [-0.25, -0.2) is 0 Å². The first-order valence-corrected chi connectivity index (χ1v) is 9.28. The zero-order chi connectivity index (χ0) is 18.1. The van der Waals surface area contributed by atoms with Gasteiger partial charge in [-0.1, -0.05) is 36.4 Å². The maximum absolute atomic E-state index is 12.7. The minimum Gasteiger partial charge on any atom is -0.463 e. The number of thioether (sulfide) groups is 1. The van der Waals surface area contributed by atoms with Crippen molar-refractivity contribution in [1.82, 2.24) is 14.6 Å². The molecular weight excluding hydrogens is 348 g/mol. The largest absolute Gasteiger partial charge is 0.463 e. The highest BCUT2D eigenvalue weighted by molar-refractivity contribution is 8.00. The molecule has 1 aromatic carbocycles. The molecule has 0 spiro atoms. The number of nitrogens with one attached hydrogen (secondary N) is 1. The highest BCUT2D eigenvalue weighted by Gasteiger charge is 2.21. The summed E-state index contributed by atoms with van der Waals surface area (Å²) < 4.78 is 7.39. The van der Waals surface area contributed by atoms with Crippen molar-refractivity contribution in [3.63, 3.8) is 0 Å². The number of benzene rings is 1. The number of carbonyl (C=O) groups is 1. The number of hydrogen-bond donors (Lipinski definition) is 1. The lowest BCUT2D eigenvalue weighted by Gasteiger charge is -2.14. The van der Waals surface area contributed by atoms with Crippen molar-refractivity contribution < 1.29 is 9.21 Å². The van der Waals surface area contributed by atoms with Gasteiger partial charge in [-0.2, -0.15) is 0 Å². The van der Waals surface area contributed by atoms with Gasteiger partial charge in [0.05, 0.1) is 22.5 Å². The third-order valence-corrected chi connectivity index (χ3v) is 5.58. The molecule has 1 atom stereocenters. The number of aryl methyl sites for hydroxylation is 1. The van der Waals surface area contributed by atoms with E-state index in [0.717, 1.165) is 27.9 Å². The first-order valence-electron chi connectivity index (χ1n) is 8.40. The second-order valence-corrected chi connectivity index (χ2v) is 7.27. The number of anilines is 1. The minimum atomic E-state index is -0.266. The summed E-state index contributed by atoms with van der Waals surface area (Å²) in [5.41, 5.74) is 4.56. The van der Waals surface area contributed by atoms with Gasteiger partial charge in [-0.15, -0.1) is 10.2 Å². The van der Waals surface area contributed by atoms with E-state index in [1.165, 1.54) is 11.8 Å². The van der Waals surface area contributed by atoms with Gasteiger partial charge in [0.25, 0.3) is 0 Å². The molecule has 26 heavy (non-hydrogen) atoms. The Kier molecular flexibility index (Phi) is 4.38. The fraction of sp³-hybridized carbons (Fsp3) is 0.211. The average Bonchev–Trinajstić information content (AvgIpc) is 3.23. The van der Waals surface area contributed by atoms with E-state index in [9.17, 15) is 4.79 Å². The van der Waals surface area contributed by atoms with Crippen molar-refractivity contribution in [1.29, 1.82) is 0 Å². The van der Waals surface area contributed by atoms with Crippen molar-refractivity contribution in [3.05, 3.63) is 54.6 Å². The van der Waals surface area contributed by atoms with Gasteiger partial charge in [0.15, 0.2) is 5.58 Å². The Morgan fingerprint density at radius 2 is 2.08 bits per heavy atom. The standard InChI is InChI=1S/C19H18N4O2S/c1-3-17(18(24)21-13-6-4-12(2)5-7-13)26-19-15-10-16-14(8-9-25-16)23(15)11-20-22-19/h4-11,17H,3H2,1-2H3,(H,21,24). The first kappa shape index (κ1) is 16.7. The van der Waals surface area contributed by atoms with Gasteiger partial charge >= 0.3 is 0 Å². The number of fused-ring (bicyclic) bond motifs is 3. The van der Waals surface area contributed by atoms with Crippen LogP contribution in [0, 0.1) is 6.92 Å².